The van der Waals surface area contributed by atoms with Crippen LogP contribution in [0.25, 0.3) is 0 Å². The summed E-state index contributed by atoms with van der Waals surface area (Å²) >= 11 is 9.06. The normalized spacial score (nSPS) is 10.6. The smallest absolute Gasteiger partial charge is 0.230 e. The Balaban J connectivity index is 1.53. The molecule has 0 aliphatic rings. The molecule has 3 aromatic rings. The number of nitrogens with one attached hydrogen (secondary N) is 1. The van der Waals surface area contributed by atoms with Crippen molar-refractivity contribution in [3.05, 3.63) is 70.2 Å². The Hall–Kier alpha value is -1.89. The minimum absolute atomic E-state index is 0.153. The molecule has 0 aliphatic heterocycles. The van der Waals surface area contributed by atoms with Crippen molar-refractivity contribution in [2.75, 3.05) is 5.32 Å². The molecule has 0 aliphatic carbocycles. The number of thioether (sulfide) groups is 1. The average Bonchev–Trinajstić information content (AvgIpc) is 3.04. The van der Waals surface area contributed by atoms with Crippen molar-refractivity contribution in [3.8, 4) is 0 Å². The number of anilines is 1. The number of rotatable bonds is 6. The van der Waals surface area contributed by atoms with Gasteiger partial charge >= 0.3 is 0 Å². The van der Waals surface area contributed by atoms with Crippen LogP contribution in [0.2, 0.25) is 5.02 Å². The number of aromatic nitrogens is 2. The molecule has 1 amide bonds. The summed E-state index contributed by atoms with van der Waals surface area (Å²) in [5, 5.41) is 12.0. The Labute approximate surface area is 159 Å². The van der Waals surface area contributed by atoms with Gasteiger partial charge in [0.2, 0.25) is 11.0 Å². The van der Waals surface area contributed by atoms with Gasteiger partial charge in [-0.15, -0.1) is 10.2 Å². The molecule has 0 unspecified atom stereocenters. The molecular weight excluding hydrogens is 374 g/mol. The molecule has 1 N–H and O–H groups in total. The second-order valence-corrected chi connectivity index (χ2v) is 8.07. The van der Waals surface area contributed by atoms with Gasteiger partial charge in [-0.05, 0) is 24.1 Å². The highest BCUT2D eigenvalue weighted by molar-refractivity contribution is 8.00. The van der Waals surface area contributed by atoms with Crippen molar-refractivity contribution < 1.29 is 4.79 Å². The second kappa shape index (κ2) is 8.47. The molecule has 0 bridgehead atoms. The molecule has 0 fully saturated rings. The first-order chi connectivity index (χ1) is 12.1. The zero-order chi connectivity index (χ0) is 17.6. The van der Waals surface area contributed by atoms with Gasteiger partial charge < -0.3 is 5.32 Å². The summed E-state index contributed by atoms with van der Waals surface area (Å²) in [4.78, 5) is 12.1. The molecule has 128 valence electrons. The van der Waals surface area contributed by atoms with E-state index in [0.717, 1.165) is 15.7 Å². The molecule has 2 aromatic carbocycles. The number of aryl methyl sites for hydroxylation is 1. The predicted molar refractivity (Wildman–Crippen MR) is 104 cm³/mol. The summed E-state index contributed by atoms with van der Waals surface area (Å²) in [5.74, 6) is 0.669. The van der Waals surface area contributed by atoms with Gasteiger partial charge in [-0.2, -0.15) is 0 Å². The van der Waals surface area contributed by atoms with E-state index < -0.39 is 0 Å². The number of halogens is 1. The fourth-order valence-corrected chi connectivity index (χ4v) is 4.05. The molecule has 25 heavy (non-hydrogen) atoms. The zero-order valence-electron chi connectivity index (χ0n) is 13.5. The molecule has 0 saturated carbocycles. The van der Waals surface area contributed by atoms with Crippen LogP contribution in [0.15, 0.2) is 52.9 Å². The summed E-state index contributed by atoms with van der Waals surface area (Å²) in [6.45, 7) is 2.07. The van der Waals surface area contributed by atoms with Gasteiger partial charge in [0.05, 0.1) is 6.42 Å². The minimum atomic E-state index is -0.153. The molecule has 0 atom stereocenters. The van der Waals surface area contributed by atoms with Gasteiger partial charge in [-0.3, -0.25) is 4.79 Å². The maximum absolute atomic E-state index is 12.1. The molecule has 4 nitrogen and oxygen atoms in total. The molecule has 0 saturated heterocycles. The maximum atomic E-state index is 12.1. The van der Waals surface area contributed by atoms with Crippen LogP contribution in [0.4, 0.5) is 5.13 Å². The van der Waals surface area contributed by atoms with Crippen LogP contribution >= 0.6 is 34.7 Å². The largest absolute Gasteiger partial charge is 0.300 e. The van der Waals surface area contributed by atoms with E-state index in [0.29, 0.717) is 10.2 Å². The first-order valence-electron chi connectivity index (χ1n) is 7.65. The van der Waals surface area contributed by atoms with Gasteiger partial charge in [-0.1, -0.05) is 82.7 Å². The Morgan fingerprint density at radius 3 is 2.68 bits per heavy atom. The van der Waals surface area contributed by atoms with E-state index in [1.807, 2.05) is 18.2 Å². The Morgan fingerprint density at radius 1 is 1.16 bits per heavy atom. The van der Waals surface area contributed by atoms with E-state index in [1.54, 1.807) is 17.8 Å². The van der Waals surface area contributed by atoms with Crippen LogP contribution in [-0.4, -0.2) is 16.1 Å². The summed E-state index contributed by atoms with van der Waals surface area (Å²) in [5.41, 5.74) is 3.27. The van der Waals surface area contributed by atoms with E-state index in [-0.39, 0.29) is 12.3 Å². The van der Waals surface area contributed by atoms with Crippen molar-refractivity contribution in [2.45, 2.75) is 23.4 Å². The maximum Gasteiger partial charge on any atom is 0.230 e. The van der Waals surface area contributed by atoms with Crippen LogP contribution in [0.1, 0.15) is 16.7 Å². The Kier molecular flexibility index (Phi) is 6.07. The lowest BCUT2D eigenvalue weighted by molar-refractivity contribution is -0.115. The molecule has 0 radical (unpaired) electrons. The summed E-state index contributed by atoms with van der Waals surface area (Å²) < 4.78 is 0.827. The lowest BCUT2D eigenvalue weighted by Crippen LogP contribution is -2.14. The third kappa shape index (κ3) is 5.29. The molecule has 3 rings (SSSR count). The summed E-state index contributed by atoms with van der Waals surface area (Å²) in [6.07, 6.45) is 0.213. The Morgan fingerprint density at radius 2 is 1.92 bits per heavy atom. The van der Waals surface area contributed by atoms with Crippen LogP contribution in [0, 0.1) is 6.92 Å². The van der Waals surface area contributed by atoms with E-state index >= 15 is 0 Å². The monoisotopic (exact) mass is 389 g/mol. The molecule has 0 spiro atoms. The molecule has 1 aromatic heterocycles. The number of carbonyl (C=O) groups excluding carboxylic acids is 1. The first kappa shape index (κ1) is 17.9. The third-order valence-corrected chi connectivity index (χ3v) is 5.86. The molecule has 7 heteroatoms. The topological polar surface area (TPSA) is 54.9 Å². The quantitative estimate of drug-likeness (QED) is 0.477. The van der Waals surface area contributed by atoms with E-state index in [2.05, 4.69) is 46.7 Å². The van der Waals surface area contributed by atoms with Gasteiger partial charge in [0.25, 0.3) is 0 Å². The minimum Gasteiger partial charge on any atom is -0.300 e. The third-order valence-electron chi connectivity index (χ3n) is 3.44. The zero-order valence-corrected chi connectivity index (χ0v) is 15.9. The van der Waals surface area contributed by atoms with Crippen LogP contribution in [0.3, 0.4) is 0 Å². The highest BCUT2D eigenvalue weighted by Crippen LogP contribution is 2.28. The van der Waals surface area contributed by atoms with Crippen molar-refractivity contribution >= 4 is 45.7 Å². The molecule has 1 heterocycles. The highest BCUT2D eigenvalue weighted by Gasteiger charge is 2.11. The van der Waals surface area contributed by atoms with Crippen molar-refractivity contribution in [1.82, 2.24) is 10.2 Å². The Bertz CT molecular complexity index is 865. The van der Waals surface area contributed by atoms with Gasteiger partial charge in [0.15, 0.2) is 4.34 Å². The van der Waals surface area contributed by atoms with Crippen molar-refractivity contribution in [1.29, 1.82) is 0 Å². The first-order valence-corrected chi connectivity index (χ1v) is 9.83. The SMILES string of the molecule is Cc1ccc(CSc2nnc(NC(=O)Cc3ccccc3Cl)s2)cc1. The average molecular weight is 390 g/mol. The van der Waals surface area contributed by atoms with E-state index in [4.69, 9.17) is 11.6 Å². The second-order valence-electron chi connectivity index (χ2n) is 5.46. The van der Waals surface area contributed by atoms with Crippen molar-refractivity contribution in [3.63, 3.8) is 0 Å². The van der Waals surface area contributed by atoms with Crippen LogP contribution in [-0.2, 0) is 17.0 Å². The molecular formula is C18H16ClN3OS2. The van der Waals surface area contributed by atoms with E-state index in [1.165, 1.54) is 22.5 Å². The summed E-state index contributed by atoms with van der Waals surface area (Å²) in [7, 11) is 0. The fourth-order valence-electron chi connectivity index (χ4n) is 2.13. The number of hydrogen-bond acceptors (Lipinski definition) is 5. The standard InChI is InChI=1S/C18H16ClN3OS2/c1-12-6-8-13(9-7-12)11-24-18-22-21-17(25-18)20-16(23)10-14-4-2-3-5-15(14)19/h2-9H,10-11H2,1H3,(H,20,21,23). The fraction of sp³-hybridized carbons (Fsp3) is 0.167. The lowest BCUT2D eigenvalue weighted by atomic mass is 10.1. The number of benzene rings is 2. The van der Waals surface area contributed by atoms with Crippen molar-refractivity contribution in [2.24, 2.45) is 0 Å². The number of hydrogen-bond donors (Lipinski definition) is 1. The van der Waals surface area contributed by atoms with E-state index in [9.17, 15) is 4.79 Å². The number of nitrogens with zero attached hydrogens (tertiary/aromatic N) is 2. The highest BCUT2D eigenvalue weighted by atomic mass is 35.5. The number of carbonyl (C=O) groups is 1. The van der Waals surface area contributed by atoms with Crippen LogP contribution < -0.4 is 5.32 Å². The van der Waals surface area contributed by atoms with Crippen LogP contribution in [0.5, 0.6) is 0 Å². The predicted octanol–water partition coefficient (Wildman–Crippen LogP) is 4.97. The lowest BCUT2D eigenvalue weighted by Gasteiger charge is -2.03. The van der Waals surface area contributed by atoms with Gasteiger partial charge in [0.1, 0.15) is 0 Å². The van der Waals surface area contributed by atoms with Gasteiger partial charge in [0, 0.05) is 10.8 Å². The number of amides is 1. The summed E-state index contributed by atoms with van der Waals surface area (Å²) in [6, 6.07) is 15.7. The van der Waals surface area contributed by atoms with Gasteiger partial charge in [-0.25, -0.2) is 0 Å².